The molecule has 0 aliphatic rings. The number of likely N-dealkylation sites (N-methyl/N-ethyl adjacent to an activating group) is 1. The van der Waals surface area contributed by atoms with Crippen LogP contribution in [0.2, 0.25) is 0 Å². The SMILES string of the molecule is CCN(CCC(=O)O)CC(=O)NCc1ccccc1OC. The molecule has 1 aromatic rings. The average molecular weight is 294 g/mol. The molecule has 0 unspecified atom stereocenters. The van der Waals surface area contributed by atoms with Crippen LogP contribution in [0.5, 0.6) is 5.75 Å². The van der Waals surface area contributed by atoms with E-state index in [1.165, 1.54) is 0 Å². The van der Waals surface area contributed by atoms with Gasteiger partial charge in [-0.1, -0.05) is 25.1 Å². The van der Waals surface area contributed by atoms with Crippen LogP contribution in [0.15, 0.2) is 24.3 Å². The Morgan fingerprint density at radius 1 is 1.33 bits per heavy atom. The van der Waals surface area contributed by atoms with E-state index in [9.17, 15) is 9.59 Å². The molecule has 0 aliphatic heterocycles. The number of carbonyl (C=O) groups excluding carboxylic acids is 1. The van der Waals surface area contributed by atoms with Crippen LogP contribution in [0, 0.1) is 0 Å². The maximum absolute atomic E-state index is 11.9. The number of ether oxygens (including phenoxy) is 1. The lowest BCUT2D eigenvalue weighted by Gasteiger charge is -2.19. The van der Waals surface area contributed by atoms with Gasteiger partial charge in [-0.2, -0.15) is 0 Å². The zero-order valence-electron chi connectivity index (χ0n) is 12.5. The summed E-state index contributed by atoms with van der Waals surface area (Å²) in [5, 5.41) is 11.5. The molecule has 0 aromatic heterocycles. The number of carbonyl (C=O) groups is 2. The molecule has 0 bridgehead atoms. The summed E-state index contributed by atoms with van der Waals surface area (Å²) in [5.41, 5.74) is 0.905. The number of benzene rings is 1. The fraction of sp³-hybridized carbons (Fsp3) is 0.467. The van der Waals surface area contributed by atoms with Crippen LogP contribution < -0.4 is 10.1 Å². The average Bonchev–Trinajstić information content (AvgIpc) is 2.49. The van der Waals surface area contributed by atoms with Gasteiger partial charge < -0.3 is 15.2 Å². The number of methoxy groups -OCH3 is 1. The van der Waals surface area contributed by atoms with E-state index in [0.29, 0.717) is 19.6 Å². The summed E-state index contributed by atoms with van der Waals surface area (Å²) in [6.45, 7) is 3.48. The van der Waals surface area contributed by atoms with Crippen molar-refractivity contribution >= 4 is 11.9 Å². The minimum Gasteiger partial charge on any atom is -0.496 e. The zero-order valence-corrected chi connectivity index (χ0v) is 12.5. The number of nitrogens with zero attached hydrogens (tertiary/aromatic N) is 1. The topological polar surface area (TPSA) is 78.9 Å². The smallest absolute Gasteiger partial charge is 0.304 e. The van der Waals surface area contributed by atoms with E-state index in [1.54, 1.807) is 12.0 Å². The third-order valence-corrected chi connectivity index (χ3v) is 3.12. The lowest BCUT2D eigenvalue weighted by atomic mass is 10.2. The van der Waals surface area contributed by atoms with E-state index < -0.39 is 5.97 Å². The summed E-state index contributed by atoms with van der Waals surface area (Å²) in [6, 6.07) is 7.48. The molecular weight excluding hydrogens is 272 g/mol. The van der Waals surface area contributed by atoms with E-state index in [2.05, 4.69) is 5.32 Å². The predicted molar refractivity (Wildman–Crippen MR) is 79.2 cm³/mol. The first kappa shape index (κ1) is 17.0. The molecule has 0 radical (unpaired) electrons. The highest BCUT2D eigenvalue weighted by Gasteiger charge is 2.11. The highest BCUT2D eigenvalue weighted by Crippen LogP contribution is 2.16. The molecule has 21 heavy (non-hydrogen) atoms. The van der Waals surface area contributed by atoms with Crippen molar-refractivity contribution < 1.29 is 19.4 Å². The Kier molecular flexibility index (Phi) is 7.25. The van der Waals surface area contributed by atoms with E-state index in [0.717, 1.165) is 11.3 Å². The van der Waals surface area contributed by atoms with Gasteiger partial charge in [-0.05, 0) is 12.6 Å². The monoisotopic (exact) mass is 294 g/mol. The first-order valence-corrected chi connectivity index (χ1v) is 6.89. The summed E-state index contributed by atoms with van der Waals surface area (Å²) < 4.78 is 5.22. The second-order valence-corrected chi connectivity index (χ2v) is 4.60. The van der Waals surface area contributed by atoms with Crippen molar-refractivity contribution in [1.29, 1.82) is 0 Å². The number of aliphatic carboxylic acids is 1. The Labute approximate surface area is 124 Å². The van der Waals surface area contributed by atoms with E-state index >= 15 is 0 Å². The molecule has 1 aromatic carbocycles. The van der Waals surface area contributed by atoms with E-state index in [1.807, 2.05) is 31.2 Å². The Balaban J connectivity index is 2.44. The number of carboxylic acids is 1. The van der Waals surface area contributed by atoms with Gasteiger partial charge in [0.2, 0.25) is 5.91 Å². The molecule has 6 nitrogen and oxygen atoms in total. The number of nitrogens with one attached hydrogen (secondary N) is 1. The number of amides is 1. The molecule has 0 atom stereocenters. The van der Waals surface area contributed by atoms with Crippen LogP contribution in [0.25, 0.3) is 0 Å². The molecule has 0 spiro atoms. The van der Waals surface area contributed by atoms with Crippen LogP contribution in [-0.4, -0.2) is 48.6 Å². The van der Waals surface area contributed by atoms with Crippen molar-refractivity contribution in [2.45, 2.75) is 19.9 Å². The standard InChI is InChI=1S/C15H22N2O4/c1-3-17(9-8-15(19)20)11-14(18)16-10-12-6-4-5-7-13(12)21-2/h4-7H,3,8-11H2,1-2H3,(H,16,18)(H,19,20). The second-order valence-electron chi connectivity index (χ2n) is 4.60. The maximum Gasteiger partial charge on any atom is 0.304 e. The summed E-state index contributed by atoms with van der Waals surface area (Å²) in [4.78, 5) is 24.2. The Hall–Kier alpha value is -2.08. The Bertz CT molecular complexity index is 476. The number of carboxylic acid groups (broad SMARTS) is 1. The van der Waals surface area contributed by atoms with Gasteiger partial charge in [-0.15, -0.1) is 0 Å². The Morgan fingerprint density at radius 2 is 2.05 bits per heavy atom. The normalized spacial score (nSPS) is 10.4. The quantitative estimate of drug-likeness (QED) is 0.713. The zero-order chi connectivity index (χ0) is 15.7. The molecule has 0 saturated carbocycles. The molecule has 116 valence electrons. The first-order valence-electron chi connectivity index (χ1n) is 6.89. The molecule has 0 fully saturated rings. The summed E-state index contributed by atoms with van der Waals surface area (Å²) in [6.07, 6.45) is 0.0353. The van der Waals surface area contributed by atoms with Crippen LogP contribution in [0.3, 0.4) is 0 Å². The third kappa shape index (κ3) is 6.27. The molecule has 0 aliphatic carbocycles. The van der Waals surface area contributed by atoms with Gasteiger partial charge in [0, 0.05) is 18.7 Å². The first-order chi connectivity index (χ1) is 10.1. The van der Waals surface area contributed by atoms with Gasteiger partial charge in [0.1, 0.15) is 5.75 Å². The van der Waals surface area contributed by atoms with Crippen LogP contribution in [-0.2, 0) is 16.1 Å². The van der Waals surface area contributed by atoms with Crippen molar-refractivity contribution in [3.63, 3.8) is 0 Å². The molecule has 1 rings (SSSR count). The van der Waals surface area contributed by atoms with Crippen LogP contribution in [0.1, 0.15) is 18.9 Å². The van der Waals surface area contributed by atoms with Crippen molar-refractivity contribution in [3.8, 4) is 5.75 Å². The van der Waals surface area contributed by atoms with Crippen LogP contribution in [0.4, 0.5) is 0 Å². The molecule has 0 saturated heterocycles. The van der Waals surface area contributed by atoms with Gasteiger partial charge in [0.25, 0.3) is 0 Å². The van der Waals surface area contributed by atoms with E-state index in [-0.39, 0.29) is 18.9 Å². The predicted octanol–water partition coefficient (Wildman–Crippen LogP) is 1.11. The highest BCUT2D eigenvalue weighted by molar-refractivity contribution is 5.78. The van der Waals surface area contributed by atoms with Crippen molar-refractivity contribution in [3.05, 3.63) is 29.8 Å². The van der Waals surface area contributed by atoms with Crippen molar-refractivity contribution in [1.82, 2.24) is 10.2 Å². The fourth-order valence-corrected chi connectivity index (χ4v) is 1.90. The molecule has 2 N–H and O–H groups in total. The lowest BCUT2D eigenvalue weighted by Crippen LogP contribution is -2.37. The van der Waals surface area contributed by atoms with Gasteiger partial charge in [-0.25, -0.2) is 0 Å². The Morgan fingerprint density at radius 3 is 2.67 bits per heavy atom. The van der Waals surface area contributed by atoms with E-state index in [4.69, 9.17) is 9.84 Å². The van der Waals surface area contributed by atoms with Crippen LogP contribution >= 0.6 is 0 Å². The minimum absolute atomic E-state index is 0.0353. The third-order valence-electron chi connectivity index (χ3n) is 3.12. The summed E-state index contributed by atoms with van der Waals surface area (Å²) >= 11 is 0. The van der Waals surface area contributed by atoms with Gasteiger partial charge in [-0.3, -0.25) is 14.5 Å². The largest absolute Gasteiger partial charge is 0.496 e. The number of para-hydroxylation sites is 1. The highest BCUT2D eigenvalue weighted by atomic mass is 16.5. The maximum atomic E-state index is 11.9. The second kappa shape index (κ2) is 8.97. The summed E-state index contributed by atoms with van der Waals surface area (Å²) in [7, 11) is 1.59. The molecule has 0 heterocycles. The number of rotatable bonds is 9. The van der Waals surface area contributed by atoms with Gasteiger partial charge >= 0.3 is 5.97 Å². The van der Waals surface area contributed by atoms with Gasteiger partial charge in [0.15, 0.2) is 0 Å². The summed E-state index contributed by atoms with van der Waals surface area (Å²) in [5.74, 6) is -0.257. The number of hydrogen-bond acceptors (Lipinski definition) is 4. The lowest BCUT2D eigenvalue weighted by molar-refractivity contribution is -0.137. The molecular formula is C15H22N2O4. The molecule has 6 heteroatoms. The van der Waals surface area contributed by atoms with Gasteiger partial charge in [0.05, 0.1) is 20.1 Å². The fourth-order valence-electron chi connectivity index (χ4n) is 1.90. The molecule has 1 amide bonds. The minimum atomic E-state index is -0.858. The van der Waals surface area contributed by atoms with Crippen molar-refractivity contribution in [2.24, 2.45) is 0 Å². The van der Waals surface area contributed by atoms with Crippen molar-refractivity contribution in [2.75, 3.05) is 26.7 Å². The number of hydrogen-bond donors (Lipinski definition) is 2.